The van der Waals surface area contributed by atoms with E-state index in [-0.39, 0.29) is 31.1 Å². The van der Waals surface area contributed by atoms with Gasteiger partial charge < -0.3 is 14.2 Å². The molecule has 0 aliphatic rings. The summed E-state index contributed by atoms with van der Waals surface area (Å²) in [4.78, 5) is 38.1. The number of unbranched alkanes of at least 4 members (excludes halogenated alkanes) is 25. The Hall–Kier alpha value is -3.93. The highest BCUT2D eigenvalue weighted by Gasteiger charge is 2.19. The van der Waals surface area contributed by atoms with Gasteiger partial charge in [-0.2, -0.15) is 0 Å². The summed E-state index contributed by atoms with van der Waals surface area (Å²) in [6, 6.07) is 0. The van der Waals surface area contributed by atoms with E-state index in [1.54, 1.807) is 0 Å². The smallest absolute Gasteiger partial charge is 0.306 e. The molecule has 6 nitrogen and oxygen atoms in total. The van der Waals surface area contributed by atoms with Crippen molar-refractivity contribution in [3.63, 3.8) is 0 Å². The molecule has 0 spiro atoms. The predicted molar refractivity (Wildman–Crippen MR) is 288 cm³/mol. The van der Waals surface area contributed by atoms with Gasteiger partial charge in [0.15, 0.2) is 6.10 Å². The van der Waals surface area contributed by atoms with E-state index in [9.17, 15) is 14.4 Å². The van der Waals surface area contributed by atoms with Gasteiger partial charge in [0.05, 0.1) is 0 Å². The lowest BCUT2D eigenvalue weighted by Gasteiger charge is -2.18. The van der Waals surface area contributed by atoms with Gasteiger partial charge in [0.2, 0.25) is 0 Å². The maximum Gasteiger partial charge on any atom is 0.306 e. The molecule has 0 aliphatic heterocycles. The van der Waals surface area contributed by atoms with Gasteiger partial charge in [-0.3, -0.25) is 14.4 Å². The molecule has 0 heterocycles. The summed E-state index contributed by atoms with van der Waals surface area (Å²) < 4.78 is 16.8. The highest BCUT2D eigenvalue weighted by molar-refractivity contribution is 5.71. The molecule has 0 saturated carbocycles. The van der Waals surface area contributed by atoms with Crippen LogP contribution < -0.4 is 0 Å². The first-order valence-corrected chi connectivity index (χ1v) is 27.5. The Labute approximate surface area is 412 Å². The molecule has 0 radical (unpaired) electrons. The highest BCUT2D eigenvalue weighted by Crippen LogP contribution is 2.14. The first-order chi connectivity index (χ1) is 33.0. The fraction of sp³-hybridized carbons (Fsp3) is 0.656. The van der Waals surface area contributed by atoms with Crippen LogP contribution in [0.25, 0.3) is 0 Å². The second-order valence-corrected chi connectivity index (χ2v) is 17.9. The first-order valence-electron chi connectivity index (χ1n) is 27.5. The second kappa shape index (κ2) is 54.7. The van der Waals surface area contributed by atoms with Gasteiger partial charge in [-0.1, -0.05) is 239 Å². The molecule has 1 atom stereocenters. The quantitative estimate of drug-likeness (QED) is 0.0199. The van der Waals surface area contributed by atoms with E-state index in [1.807, 2.05) is 60.8 Å². The van der Waals surface area contributed by atoms with E-state index < -0.39 is 6.10 Å². The molecule has 1 unspecified atom stereocenters. The molecule has 380 valence electrons. The summed E-state index contributed by atoms with van der Waals surface area (Å²) in [5, 5.41) is 0. The Morgan fingerprint density at radius 3 is 1.01 bits per heavy atom. The largest absolute Gasteiger partial charge is 0.462 e. The molecular formula is C61H100O6. The van der Waals surface area contributed by atoms with Crippen molar-refractivity contribution in [2.24, 2.45) is 0 Å². The summed E-state index contributed by atoms with van der Waals surface area (Å²) in [6.07, 6.45) is 73.5. The molecule has 0 bridgehead atoms. The number of allylic oxidation sites excluding steroid dienone is 18. The van der Waals surface area contributed by atoms with Crippen LogP contribution in [-0.2, 0) is 28.6 Å². The molecule has 0 aromatic rings. The SMILES string of the molecule is CC\C=C/C=C\C=C/C=C\C=C\C=C/CCCCCC(=O)OCC(COC(=O)CCCCCCCC/C=C\C=C/CCCCC)OC(=O)CCCCCCCCC/C=C\CCCCCCCC. The van der Waals surface area contributed by atoms with E-state index in [0.717, 1.165) is 83.5 Å². The van der Waals surface area contributed by atoms with Crippen molar-refractivity contribution >= 4 is 17.9 Å². The van der Waals surface area contributed by atoms with Crippen LogP contribution >= 0.6 is 0 Å². The minimum absolute atomic E-state index is 0.102. The fourth-order valence-electron chi connectivity index (χ4n) is 7.28. The van der Waals surface area contributed by atoms with Crippen LogP contribution in [0.1, 0.15) is 239 Å². The topological polar surface area (TPSA) is 78.9 Å². The lowest BCUT2D eigenvalue weighted by molar-refractivity contribution is -0.167. The van der Waals surface area contributed by atoms with Gasteiger partial charge in [0.25, 0.3) is 0 Å². The zero-order valence-electron chi connectivity index (χ0n) is 43.4. The number of ether oxygens (including phenoxy) is 3. The summed E-state index contributed by atoms with van der Waals surface area (Å²) in [7, 11) is 0. The van der Waals surface area contributed by atoms with Gasteiger partial charge in [-0.05, 0) is 89.9 Å². The molecule has 67 heavy (non-hydrogen) atoms. The van der Waals surface area contributed by atoms with Crippen LogP contribution in [0.5, 0.6) is 0 Å². The van der Waals surface area contributed by atoms with Crippen molar-refractivity contribution < 1.29 is 28.6 Å². The standard InChI is InChI=1S/C61H100O6/c1-4-7-10-13-16-19-22-25-28-30-33-36-39-42-45-48-51-54-60(63)66-57-58(56-65-59(62)53-50-47-44-41-38-35-32-27-24-21-18-15-12-9-6-3)67-61(64)55-52-49-46-43-40-37-34-31-29-26-23-20-17-14-11-8-5-2/h7,10,13,16,18-19,21-22,24-30,33,36,39,58H,4-6,8-9,11-12,14-15,17,20,23,31-32,34-35,37-38,40-57H2,1-3H3/b10-7-,16-13-,21-18-,22-19-,27-24-,28-25-,29-26-,33-30+,39-36-. The van der Waals surface area contributed by atoms with Crippen LogP contribution in [0, 0.1) is 0 Å². The van der Waals surface area contributed by atoms with E-state index in [1.165, 1.54) is 116 Å². The Morgan fingerprint density at radius 1 is 0.313 bits per heavy atom. The third kappa shape index (κ3) is 52.9. The van der Waals surface area contributed by atoms with Crippen LogP contribution in [0.4, 0.5) is 0 Å². The van der Waals surface area contributed by atoms with E-state index in [2.05, 4.69) is 69.4 Å². The van der Waals surface area contributed by atoms with Gasteiger partial charge >= 0.3 is 17.9 Å². The van der Waals surface area contributed by atoms with Crippen LogP contribution in [0.3, 0.4) is 0 Å². The van der Waals surface area contributed by atoms with Gasteiger partial charge in [-0.15, -0.1) is 0 Å². The number of carbonyl (C=O) groups excluding carboxylic acids is 3. The van der Waals surface area contributed by atoms with E-state index in [0.29, 0.717) is 19.3 Å². The molecule has 0 aliphatic carbocycles. The number of esters is 3. The minimum atomic E-state index is -0.806. The average Bonchev–Trinajstić information content (AvgIpc) is 3.33. The number of carbonyl (C=O) groups is 3. The van der Waals surface area contributed by atoms with E-state index >= 15 is 0 Å². The molecular weight excluding hydrogens is 829 g/mol. The summed E-state index contributed by atoms with van der Waals surface area (Å²) in [5.41, 5.74) is 0. The molecule has 0 rings (SSSR count). The molecule has 0 aromatic carbocycles. The number of hydrogen-bond acceptors (Lipinski definition) is 6. The molecule has 0 fully saturated rings. The van der Waals surface area contributed by atoms with Crippen molar-refractivity contribution in [1.29, 1.82) is 0 Å². The number of hydrogen-bond donors (Lipinski definition) is 0. The van der Waals surface area contributed by atoms with Crippen molar-refractivity contribution in [2.45, 2.75) is 245 Å². The molecule has 0 amide bonds. The zero-order valence-corrected chi connectivity index (χ0v) is 43.4. The zero-order chi connectivity index (χ0) is 48.6. The van der Waals surface area contributed by atoms with Crippen LogP contribution in [0.2, 0.25) is 0 Å². The predicted octanol–water partition coefficient (Wildman–Crippen LogP) is 18.3. The maximum absolute atomic E-state index is 12.8. The van der Waals surface area contributed by atoms with Crippen molar-refractivity contribution in [3.05, 3.63) is 109 Å². The lowest BCUT2D eigenvalue weighted by Crippen LogP contribution is -2.30. The van der Waals surface area contributed by atoms with Crippen molar-refractivity contribution in [1.82, 2.24) is 0 Å². The maximum atomic E-state index is 12.8. The van der Waals surface area contributed by atoms with Crippen molar-refractivity contribution in [3.8, 4) is 0 Å². The van der Waals surface area contributed by atoms with Crippen LogP contribution in [-0.4, -0.2) is 37.2 Å². The minimum Gasteiger partial charge on any atom is -0.462 e. The number of rotatable bonds is 48. The Morgan fingerprint density at radius 2 is 0.597 bits per heavy atom. The Bertz CT molecular complexity index is 1390. The van der Waals surface area contributed by atoms with E-state index in [4.69, 9.17) is 14.2 Å². The van der Waals surface area contributed by atoms with Gasteiger partial charge in [0.1, 0.15) is 13.2 Å². The second-order valence-electron chi connectivity index (χ2n) is 17.9. The van der Waals surface area contributed by atoms with Gasteiger partial charge in [0, 0.05) is 19.3 Å². The van der Waals surface area contributed by atoms with Crippen molar-refractivity contribution in [2.75, 3.05) is 13.2 Å². The molecule has 0 aromatic heterocycles. The normalized spacial score (nSPS) is 12.9. The third-order valence-electron chi connectivity index (χ3n) is 11.4. The van der Waals surface area contributed by atoms with Gasteiger partial charge in [-0.25, -0.2) is 0 Å². The summed E-state index contributed by atoms with van der Waals surface area (Å²) >= 11 is 0. The monoisotopic (exact) mass is 929 g/mol. The molecule has 0 N–H and O–H groups in total. The summed E-state index contributed by atoms with van der Waals surface area (Å²) in [6.45, 7) is 6.41. The Kier molecular flexibility index (Phi) is 51.5. The first kappa shape index (κ1) is 63.1. The van der Waals surface area contributed by atoms with Crippen LogP contribution in [0.15, 0.2) is 109 Å². The third-order valence-corrected chi connectivity index (χ3v) is 11.4. The Balaban J connectivity index is 4.51. The summed E-state index contributed by atoms with van der Waals surface area (Å²) in [5.74, 6) is -0.963. The lowest BCUT2D eigenvalue weighted by atomic mass is 10.1. The fourth-order valence-corrected chi connectivity index (χ4v) is 7.28. The molecule has 6 heteroatoms. The molecule has 0 saturated heterocycles. The average molecular weight is 929 g/mol. The highest BCUT2D eigenvalue weighted by atomic mass is 16.6.